The van der Waals surface area contributed by atoms with Crippen LogP contribution in [-0.4, -0.2) is 59.4 Å². The highest BCUT2D eigenvalue weighted by atomic mass is 32.1. The molecule has 1 aliphatic heterocycles. The zero-order valence-corrected chi connectivity index (χ0v) is 22.7. The summed E-state index contributed by atoms with van der Waals surface area (Å²) in [6, 6.07) is 2.37. The second-order valence-electron chi connectivity index (χ2n) is 9.90. The smallest absolute Gasteiger partial charge is 0.388 e. The first kappa shape index (κ1) is 30.1. The highest BCUT2D eigenvalue weighted by Gasteiger charge is 2.50. The minimum absolute atomic E-state index is 0.0241. The minimum atomic E-state index is -4.65. The first-order chi connectivity index (χ1) is 16.9. The van der Waals surface area contributed by atoms with Crippen molar-refractivity contribution in [3.8, 4) is 0 Å². The monoisotopic (exact) mass is 568 g/mol. The summed E-state index contributed by atoms with van der Waals surface area (Å²) in [5.41, 5.74) is -1.97. The molecule has 0 saturated carbocycles. The Morgan fingerprint density at radius 1 is 1.19 bits per heavy atom. The molecule has 1 fully saturated rings. The molecule has 208 valence electrons. The summed E-state index contributed by atoms with van der Waals surface area (Å²) in [6.07, 6.45) is -9.66. The standard InChI is InChI=1S/C23H32F3N2O7PS/c1-6-21(4,35-36(32,33)22(5,31)7-2)10-14-16(29)17(30)18(34-14)13-9-12-11(3)8-15(23(24,25)26)27-19(12)28-20(13)37/h8-9,14,16-18,29-31H,6-7,10H2,1-5H3,(H,32,33)(H,27,28,37). The summed E-state index contributed by atoms with van der Waals surface area (Å²) < 4.78 is 63.7. The van der Waals surface area contributed by atoms with Gasteiger partial charge in [-0.1, -0.05) is 26.1 Å². The SMILES string of the molecule is CCC(C)(CC1OC(c2cc3c(C)cc(C(F)(F)F)nc3[nH]c2=S)C(O)C1O)OP(=O)(O)C(C)(O)CC. The number of aromatic amines is 1. The number of halogens is 3. The zero-order valence-electron chi connectivity index (χ0n) is 21.0. The molecule has 5 N–H and O–H groups in total. The van der Waals surface area contributed by atoms with Crippen LogP contribution in [0.1, 0.15) is 69.9 Å². The van der Waals surface area contributed by atoms with Gasteiger partial charge in [0.1, 0.15) is 34.3 Å². The van der Waals surface area contributed by atoms with Gasteiger partial charge in [0, 0.05) is 17.4 Å². The molecule has 1 saturated heterocycles. The van der Waals surface area contributed by atoms with Gasteiger partial charge in [0.15, 0.2) is 5.34 Å². The van der Waals surface area contributed by atoms with Crippen LogP contribution in [0, 0.1) is 11.6 Å². The second-order valence-corrected chi connectivity index (χ2v) is 12.5. The van der Waals surface area contributed by atoms with Crippen molar-refractivity contribution in [2.45, 2.75) is 95.4 Å². The van der Waals surface area contributed by atoms with E-state index in [4.69, 9.17) is 21.5 Å². The van der Waals surface area contributed by atoms with E-state index in [1.54, 1.807) is 6.92 Å². The molecule has 0 aliphatic carbocycles. The average Bonchev–Trinajstić information content (AvgIpc) is 3.05. The van der Waals surface area contributed by atoms with Gasteiger partial charge in [0.25, 0.3) is 0 Å². The lowest BCUT2D eigenvalue weighted by molar-refractivity contribution is -0.141. The molecule has 2 aromatic heterocycles. The van der Waals surface area contributed by atoms with Gasteiger partial charge in [-0.05, 0) is 51.3 Å². The van der Waals surface area contributed by atoms with Crippen LogP contribution in [0.2, 0.25) is 0 Å². The van der Waals surface area contributed by atoms with Crippen molar-refractivity contribution in [1.29, 1.82) is 0 Å². The van der Waals surface area contributed by atoms with E-state index < -0.39 is 54.8 Å². The van der Waals surface area contributed by atoms with Crippen LogP contribution >= 0.6 is 19.8 Å². The average molecular weight is 569 g/mol. The zero-order chi connectivity index (χ0) is 28.1. The van der Waals surface area contributed by atoms with E-state index in [-0.39, 0.29) is 40.7 Å². The van der Waals surface area contributed by atoms with Crippen molar-refractivity contribution in [2.75, 3.05) is 0 Å². The maximum absolute atomic E-state index is 13.2. The first-order valence-electron chi connectivity index (χ1n) is 11.7. The lowest BCUT2D eigenvalue weighted by Gasteiger charge is -2.37. The molecule has 0 spiro atoms. The fourth-order valence-corrected chi connectivity index (χ4v) is 5.83. The molecule has 1 aliphatic rings. The van der Waals surface area contributed by atoms with E-state index in [0.717, 1.165) is 6.07 Å². The maximum Gasteiger partial charge on any atom is 0.433 e. The van der Waals surface area contributed by atoms with Crippen LogP contribution in [0.15, 0.2) is 12.1 Å². The normalized spacial score (nSPS) is 27.6. The number of ether oxygens (including phenoxy) is 1. The van der Waals surface area contributed by atoms with Crippen LogP contribution < -0.4 is 0 Å². The molecule has 14 heteroatoms. The third kappa shape index (κ3) is 5.94. The Bertz CT molecular complexity index is 1270. The second kappa shape index (κ2) is 10.3. The number of alkyl halides is 3. The van der Waals surface area contributed by atoms with Gasteiger partial charge >= 0.3 is 13.8 Å². The van der Waals surface area contributed by atoms with E-state index in [1.165, 1.54) is 33.8 Å². The van der Waals surface area contributed by atoms with Crippen LogP contribution in [0.25, 0.3) is 11.0 Å². The van der Waals surface area contributed by atoms with Crippen molar-refractivity contribution in [3.63, 3.8) is 0 Å². The van der Waals surface area contributed by atoms with Gasteiger partial charge < -0.3 is 34.5 Å². The summed E-state index contributed by atoms with van der Waals surface area (Å²) in [6.45, 7) is 7.44. The van der Waals surface area contributed by atoms with Crippen LogP contribution in [0.4, 0.5) is 13.2 Å². The summed E-state index contributed by atoms with van der Waals surface area (Å²) in [7, 11) is -4.51. The molecule has 2 aromatic rings. The van der Waals surface area contributed by atoms with Gasteiger partial charge in [-0.25, -0.2) is 4.98 Å². The van der Waals surface area contributed by atoms with Gasteiger partial charge in [-0.15, -0.1) is 0 Å². The summed E-state index contributed by atoms with van der Waals surface area (Å²) in [5, 5.41) is 30.2. The summed E-state index contributed by atoms with van der Waals surface area (Å²) >= 11 is 5.31. The summed E-state index contributed by atoms with van der Waals surface area (Å²) in [4.78, 5) is 16.7. The van der Waals surface area contributed by atoms with Crippen LogP contribution in [-0.2, 0) is 20.0 Å². The van der Waals surface area contributed by atoms with Gasteiger partial charge in [-0.3, -0.25) is 4.57 Å². The molecule has 7 atom stereocenters. The maximum atomic E-state index is 13.2. The topological polar surface area (TPSA) is 145 Å². The first-order valence-corrected chi connectivity index (χ1v) is 13.7. The number of hydrogen-bond acceptors (Lipinski definition) is 8. The number of pyridine rings is 2. The van der Waals surface area contributed by atoms with E-state index >= 15 is 0 Å². The van der Waals surface area contributed by atoms with Gasteiger partial charge in [0.05, 0.1) is 11.7 Å². The van der Waals surface area contributed by atoms with E-state index in [2.05, 4.69) is 9.97 Å². The number of aromatic nitrogens is 2. The number of hydrogen-bond donors (Lipinski definition) is 5. The van der Waals surface area contributed by atoms with Crippen molar-refractivity contribution < 1.29 is 47.2 Å². The molecular weight excluding hydrogens is 536 g/mol. The third-order valence-electron chi connectivity index (χ3n) is 7.02. The Labute approximate surface area is 217 Å². The molecule has 3 heterocycles. The number of rotatable bonds is 8. The molecule has 0 radical (unpaired) electrons. The Kier molecular flexibility index (Phi) is 8.36. The van der Waals surface area contributed by atoms with E-state index in [0.29, 0.717) is 5.39 Å². The number of aliphatic hydroxyl groups is 3. The van der Waals surface area contributed by atoms with Crippen molar-refractivity contribution in [2.24, 2.45) is 0 Å². The Balaban J connectivity index is 1.92. The number of nitrogens with one attached hydrogen (secondary N) is 1. The van der Waals surface area contributed by atoms with E-state index in [9.17, 15) is 37.9 Å². The molecule has 7 unspecified atom stereocenters. The summed E-state index contributed by atoms with van der Waals surface area (Å²) in [5.74, 6) is 0. The highest BCUT2D eigenvalue weighted by molar-refractivity contribution is 7.71. The van der Waals surface area contributed by atoms with E-state index in [1.807, 2.05) is 0 Å². The molecule has 3 rings (SSSR count). The number of aliphatic hydroxyl groups excluding tert-OH is 2. The number of nitrogens with zero attached hydrogens (tertiary/aromatic N) is 1. The predicted octanol–water partition coefficient (Wildman–Crippen LogP) is 4.66. The highest BCUT2D eigenvalue weighted by Crippen LogP contribution is 2.59. The molecule has 0 amide bonds. The third-order valence-corrected chi connectivity index (χ3v) is 9.58. The van der Waals surface area contributed by atoms with Crippen molar-refractivity contribution >= 4 is 30.8 Å². The Morgan fingerprint density at radius 3 is 2.35 bits per heavy atom. The Morgan fingerprint density at radius 2 is 1.81 bits per heavy atom. The molecular formula is C23H32F3N2O7PS. The van der Waals surface area contributed by atoms with Gasteiger partial charge in [-0.2, -0.15) is 13.2 Å². The quantitative estimate of drug-likeness (QED) is 0.227. The van der Waals surface area contributed by atoms with Gasteiger partial charge in [0.2, 0.25) is 0 Å². The largest absolute Gasteiger partial charge is 0.433 e. The Hall–Kier alpha value is -1.44. The van der Waals surface area contributed by atoms with Crippen molar-refractivity contribution in [1.82, 2.24) is 9.97 Å². The predicted molar refractivity (Wildman–Crippen MR) is 131 cm³/mol. The van der Waals surface area contributed by atoms with Crippen molar-refractivity contribution in [3.05, 3.63) is 33.6 Å². The molecule has 37 heavy (non-hydrogen) atoms. The number of H-pyrrole nitrogens is 1. The van der Waals surface area contributed by atoms with Crippen LogP contribution in [0.3, 0.4) is 0 Å². The number of fused-ring (bicyclic) bond motifs is 1. The fourth-order valence-electron chi connectivity index (χ4n) is 4.16. The van der Waals surface area contributed by atoms with Crippen LogP contribution in [0.5, 0.6) is 0 Å². The molecule has 0 aromatic carbocycles. The molecule has 9 nitrogen and oxygen atoms in total. The number of aryl methyl sites for hydroxylation is 1. The fraction of sp³-hybridized carbons (Fsp3) is 0.652. The molecule has 0 bridgehead atoms. The minimum Gasteiger partial charge on any atom is -0.388 e. The lowest BCUT2D eigenvalue weighted by atomic mass is 9.92. The lowest BCUT2D eigenvalue weighted by Crippen LogP contribution is -2.40.